The van der Waals surface area contributed by atoms with Crippen molar-refractivity contribution in [2.24, 2.45) is 0 Å². The number of anilines is 3. The maximum Gasteiger partial charge on any atom is 0.322 e. The largest absolute Gasteiger partial charge is 0.354 e. The molecule has 0 aliphatic carbocycles. The lowest BCUT2D eigenvalue weighted by Crippen LogP contribution is -2.50. The van der Waals surface area contributed by atoms with E-state index in [0.29, 0.717) is 29.7 Å². The topological polar surface area (TPSA) is 73.4 Å². The van der Waals surface area contributed by atoms with Gasteiger partial charge in [0.15, 0.2) is 0 Å². The average Bonchev–Trinajstić information content (AvgIpc) is 2.63. The van der Waals surface area contributed by atoms with Crippen LogP contribution in [0, 0.1) is 6.92 Å². The Labute approximate surface area is 158 Å². The van der Waals surface area contributed by atoms with Crippen molar-refractivity contribution in [1.29, 1.82) is 0 Å². The molecule has 1 aliphatic rings. The molecule has 2 aromatic rings. The summed E-state index contributed by atoms with van der Waals surface area (Å²) in [7, 11) is 0. The van der Waals surface area contributed by atoms with Crippen LogP contribution in [0.25, 0.3) is 0 Å². The summed E-state index contributed by atoms with van der Waals surface area (Å²) in [5, 5.41) is 6.56. The van der Waals surface area contributed by atoms with Crippen molar-refractivity contribution in [2.45, 2.75) is 13.8 Å². The van der Waals surface area contributed by atoms with Gasteiger partial charge in [-0.2, -0.15) is 4.98 Å². The molecule has 7 nitrogen and oxygen atoms in total. The van der Waals surface area contributed by atoms with Crippen LogP contribution in [-0.2, 0) is 0 Å². The van der Waals surface area contributed by atoms with Gasteiger partial charge in [0, 0.05) is 44.5 Å². The Balaban J connectivity index is 1.60. The van der Waals surface area contributed by atoms with Gasteiger partial charge < -0.3 is 20.4 Å². The van der Waals surface area contributed by atoms with Crippen molar-refractivity contribution < 1.29 is 4.79 Å². The van der Waals surface area contributed by atoms with Gasteiger partial charge in [0.05, 0.1) is 10.7 Å². The summed E-state index contributed by atoms with van der Waals surface area (Å²) in [4.78, 5) is 25.4. The van der Waals surface area contributed by atoms with Crippen LogP contribution in [0.2, 0.25) is 5.02 Å². The van der Waals surface area contributed by atoms with Crippen LogP contribution in [0.1, 0.15) is 12.6 Å². The second-order valence-corrected chi connectivity index (χ2v) is 6.51. The monoisotopic (exact) mass is 374 g/mol. The number of urea groups is 1. The van der Waals surface area contributed by atoms with Gasteiger partial charge in [-0.15, -0.1) is 0 Å². The molecule has 1 fully saturated rings. The molecule has 2 N–H and O–H groups in total. The predicted octanol–water partition coefficient (Wildman–Crippen LogP) is 3.22. The Morgan fingerprint density at radius 2 is 1.92 bits per heavy atom. The third-order valence-corrected chi connectivity index (χ3v) is 4.51. The van der Waals surface area contributed by atoms with Crippen LogP contribution in [0.15, 0.2) is 30.3 Å². The number of amides is 2. The van der Waals surface area contributed by atoms with E-state index in [-0.39, 0.29) is 6.03 Å². The summed E-state index contributed by atoms with van der Waals surface area (Å²) in [6.45, 7) is 7.43. The molecular formula is C18H23ClN6O. The normalized spacial score (nSPS) is 14.3. The highest BCUT2D eigenvalue weighted by Crippen LogP contribution is 2.22. The number of hydrogen-bond donors (Lipinski definition) is 2. The van der Waals surface area contributed by atoms with E-state index in [9.17, 15) is 4.79 Å². The summed E-state index contributed by atoms with van der Waals surface area (Å²) in [6, 6.07) is 9.07. The standard InChI is InChI=1S/C18H23ClN6O/c1-3-20-17-21-13(2)12-16(23-17)24-8-10-25(11-9-24)18(26)22-15-7-5-4-6-14(15)19/h4-7,12H,3,8-11H2,1-2H3,(H,22,26)(H,20,21,23). The van der Waals surface area contributed by atoms with Gasteiger partial charge in [0.25, 0.3) is 0 Å². The number of piperazine rings is 1. The van der Waals surface area contributed by atoms with Crippen LogP contribution >= 0.6 is 11.6 Å². The molecule has 0 atom stereocenters. The Hall–Kier alpha value is -2.54. The zero-order valence-corrected chi connectivity index (χ0v) is 15.8. The summed E-state index contributed by atoms with van der Waals surface area (Å²) in [5.41, 5.74) is 1.55. The van der Waals surface area contributed by atoms with Crippen LogP contribution in [-0.4, -0.2) is 53.6 Å². The maximum atomic E-state index is 12.5. The molecule has 0 saturated carbocycles. The Bertz CT molecular complexity index is 776. The van der Waals surface area contributed by atoms with E-state index in [2.05, 4.69) is 25.5 Å². The van der Waals surface area contributed by atoms with E-state index in [1.54, 1.807) is 17.0 Å². The molecule has 2 amide bonds. The lowest BCUT2D eigenvalue weighted by atomic mass is 10.3. The van der Waals surface area contributed by atoms with Gasteiger partial charge in [-0.05, 0) is 26.0 Å². The molecular weight excluding hydrogens is 352 g/mol. The SMILES string of the molecule is CCNc1nc(C)cc(N2CCN(C(=O)Nc3ccccc3Cl)CC2)n1. The minimum Gasteiger partial charge on any atom is -0.354 e. The number of aromatic nitrogens is 2. The van der Waals surface area contributed by atoms with Gasteiger partial charge in [-0.25, -0.2) is 9.78 Å². The fourth-order valence-electron chi connectivity index (χ4n) is 2.85. The number of carbonyl (C=O) groups excluding carboxylic acids is 1. The van der Waals surface area contributed by atoms with Gasteiger partial charge in [0.2, 0.25) is 5.95 Å². The Morgan fingerprint density at radius 1 is 1.19 bits per heavy atom. The zero-order valence-electron chi connectivity index (χ0n) is 15.0. The smallest absolute Gasteiger partial charge is 0.322 e. The highest BCUT2D eigenvalue weighted by molar-refractivity contribution is 6.33. The molecule has 138 valence electrons. The zero-order chi connectivity index (χ0) is 18.5. The fourth-order valence-corrected chi connectivity index (χ4v) is 3.03. The Kier molecular flexibility index (Phi) is 5.78. The van der Waals surface area contributed by atoms with Gasteiger partial charge in [-0.3, -0.25) is 0 Å². The molecule has 0 unspecified atom stereocenters. The van der Waals surface area contributed by atoms with Gasteiger partial charge in [0.1, 0.15) is 5.82 Å². The van der Waals surface area contributed by atoms with E-state index < -0.39 is 0 Å². The van der Waals surface area contributed by atoms with Crippen molar-refractivity contribution in [3.8, 4) is 0 Å². The minimum absolute atomic E-state index is 0.134. The third-order valence-electron chi connectivity index (χ3n) is 4.18. The molecule has 26 heavy (non-hydrogen) atoms. The number of nitrogens with zero attached hydrogens (tertiary/aromatic N) is 4. The highest BCUT2D eigenvalue weighted by Gasteiger charge is 2.23. The first-order chi connectivity index (χ1) is 12.6. The molecule has 2 heterocycles. The molecule has 0 radical (unpaired) electrons. The van der Waals surface area contributed by atoms with E-state index in [1.165, 1.54) is 0 Å². The summed E-state index contributed by atoms with van der Waals surface area (Å²) < 4.78 is 0. The number of aryl methyl sites for hydroxylation is 1. The molecule has 1 aliphatic heterocycles. The lowest BCUT2D eigenvalue weighted by molar-refractivity contribution is 0.208. The number of benzene rings is 1. The first-order valence-corrected chi connectivity index (χ1v) is 9.09. The molecule has 1 saturated heterocycles. The second kappa shape index (κ2) is 8.23. The van der Waals surface area contributed by atoms with E-state index >= 15 is 0 Å². The van der Waals surface area contributed by atoms with E-state index in [1.807, 2.05) is 32.0 Å². The molecule has 0 spiro atoms. The fraction of sp³-hybridized carbons (Fsp3) is 0.389. The average molecular weight is 375 g/mol. The summed E-state index contributed by atoms with van der Waals surface area (Å²) in [5.74, 6) is 1.53. The van der Waals surface area contributed by atoms with Crippen molar-refractivity contribution in [3.05, 3.63) is 41.0 Å². The van der Waals surface area contributed by atoms with Gasteiger partial charge in [-0.1, -0.05) is 23.7 Å². The number of para-hydroxylation sites is 1. The van der Waals surface area contributed by atoms with E-state index in [4.69, 9.17) is 11.6 Å². The quantitative estimate of drug-likeness (QED) is 0.859. The molecule has 1 aromatic carbocycles. The number of halogens is 1. The van der Waals surface area contributed by atoms with Gasteiger partial charge >= 0.3 is 6.03 Å². The first kappa shape index (κ1) is 18.3. The van der Waals surface area contributed by atoms with E-state index in [0.717, 1.165) is 31.1 Å². The van der Waals surface area contributed by atoms with Crippen molar-refractivity contribution in [2.75, 3.05) is 48.3 Å². The maximum absolute atomic E-state index is 12.5. The molecule has 1 aromatic heterocycles. The number of hydrogen-bond acceptors (Lipinski definition) is 5. The Morgan fingerprint density at radius 3 is 2.62 bits per heavy atom. The minimum atomic E-state index is -0.134. The number of carbonyl (C=O) groups is 1. The lowest BCUT2D eigenvalue weighted by Gasteiger charge is -2.35. The van der Waals surface area contributed by atoms with Crippen LogP contribution in [0.4, 0.5) is 22.2 Å². The van der Waals surface area contributed by atoms with Crippen LogP contribution in [0.5, 0.6) is 0 Å². The summed E-state index contributed by atoms with van der Waals surface area (Å²) in [6.07, 6.45) is 0. The predicted molar refractivity (Wildman–Crippen MR) is 105 cm³/mol. The first-order valence-electron chi connectivity index (χ1n) is 8.72. The van der Waals surface area contributed by atoms with Crippen molar-refractivity contribution >= 4 is 35.1 Å². The highest BCUT2D eigenvalue weighted by atomic mass is 35.5. The van der Waals surface area contributed by atoms with Crippen LogP contribution < -0.4 is 15.5 Å². The summed E-state index contributed by atoms with van der Waals surface area (Å²) >= 11 is 6.10. The van der Waals surface area contributed by atoms with Crippen molar-refractivity contribution in [1.82, 2.24) is 14.9 Å². The molecule has 8 heteroatoms. The number of rotatable bonds is 4. The molecule has 0 bridgehead atoms. The third kappa shape index (κ3) is 4.35. The van der Waals surface area contributed by atoms with Crippen molar-refractivity contribution in [3.63, 3.8) is 0 Å². The number of nitrogens with one attached hydrogen (secondary N) is 2. The van der Waals surface area contributed by atoms with Crippen LogP contribution in [0.3, 0.4) is 0 Å². The molecule has 3 rings (SSSR count). The second-order valence-electron chi connectivity index (χ2n) is 6.11.